The number of likely N-dealkylation sites (N-methyl/N-ethyl adjacent to an activating group) is 2. The highest BCUT2D eigenvalue weighted by Crippen LogP contribution is 2.47. The molecule has 2 unspecified atom stereocenters. The normalized spacial score (nSPS) is 24.7. The number of piperidine rings is 1. The summed E-state index contributed by atoms with van der Waals surface area (Å²) in [5.74, 6) is -2.06. The number of amides is 5. The van der Waals surface area contributed by atoms with Crippen LogP contribution in [-0.4, -0.2) is 182 Å². The number of hydrazine groups is 1. The summed E-state index contributed by atoms with van der Waals surface area (Å²) in [7, 11) is 5.24. The summed E-state index contributed by atoms with van der Waals surface area (Å²) in [6.07, 6.45) is 4.76. The van der Waals surface area contributed by atoms with Gasteiger partial charge in [0.15, 0.2) is 0 Å². The number of hydrogen-bond acceptors (Lipinski definition) is 11. The second kappa shape index (κ2) is 24.6. The Hall–Kier alpha value is -5.80. The molecule has 2 aromatic heterocycles. The summed E-state index contributed by atoms with van der Waals surface area (Å²) in [5.41, 5.74) is 6.53. The Kier molecular flexibility index (Phi) is 18.1. The number of fused-ring (bicyclic) bond motifs is 6. The van der Waals surface area contributed by atoms with Crippen molar-refractivity contribution in [1.29, 1.82) is 0 Å². The number of carbonyl (C=O) groups excluding carboxylic acids is 5. The number of nitrogens with zero attached hydrogens (tertiary/aromatic N) is 8. The van der Waals surface area contributed by atoms with E-state index in [1.165, 1.54) is 26.6 Å². The molecule has 6 aliphatic rings. The lowest BCUT2D eigenvalue weighted by Gasteiger charge is -2.42. The Morgan fingerprint density at radius 2 is 1.68 bits per heavy atom. The number of allylic oxidation sites excluding steroid dienone is 1. The Labute approximate surface area is 474 Å². The molecule has 1 spiro atoms. The van der Waals surface area contributed by atoms with Gasteiger partial charge < -0.3 is 43.9 Å². The van der Waals surface area contributed by atoms with E-state index in [4.69, 9.17) is 14.5 Å². The monoisotopic (exact) mass is 1130 g/mol. The highest BCUT2D eigenvalue weighted by Gasteiger charge is 2.45. The molecule has 4 saturated heterocycles. The fourth-order valence-corrected chi connectivity index (χ4v) is 13.7. The molecule has 1 saturated carbocycles. The van der Waals surface area contributed by atoms with E-state index in [0.717, 1.165) is 56.7 Å². The highest BCUT2D eigenvalue weighted by atomic mass is 19.4. The lowest BCUT2D eigenvalue weighted by Crippen LogP contribution is -2.62. The maximum atomic E-state index is 15.1. The van der Waals surface area contributed by atoms with Crippen LogP contribution in [-0.2, 0) is 41.6 Å². The number of piperazine rings is 1. The van der Waals surface area contributed by atoms with E-state index in [0.29, 0.717) is 91.7 Å². The number of ether oxygens (including phenoxy) is 2. The molecule has 7 heterocycles. The Balaban J connectivity index is 1.03. The third-order valence-corrected chi connectivity index (χ3v) is 18.3. The van der Waals surface area contributed by atoms with Crippen LogP contribution in [0.4, 0.5) is 28.0 Å². The molecule has 9 rings (SSSR count). The van der Waals surface area contributed by atoms with E-state index in [1.54, 1.807) is 36.2 Å². The third-order valence-electron chi connectivity index (χ3n) is 18.3. The zero-order valence-corrected chi connectivity index (χ0v) is 48.6. The molecule has 81 heavy (non-hydrogen) atoms. The minimum Gasteiger partial charge on any atom is -0.464 e. The van der Waals surface area contributed by atoms with Crippen molar-refractivity contribution in [2.75, 3.05) is 98.3 Å². The summed E-state index contributed by atoms with van der Waals surface area (Å²) >= 11 is 0. The molecule has 1 aromatic carbocycles. The molecule has 17 nitrogen and oxygen atoms in total. The van der Waals surface area contributed by atoms with Crippen molar-refractivity contribution in [1.82, 2.24) is 44.9 Å². The lowest BCUT2D eigenvalue weighted by atomic mass is 9.78. The summed E-state index contributed by atoms with van der Waals surface area (Å²) in [4.78, 5) is 85.2. The van der Waals surface area contributed by atoms with E-state index in [2.05, 4.69) is 27.6 Å². The molecule has 0 radical (unpaired) electrons. The maximum absolute atomic E-state index is 15.1. The maximum Gasteiger partial charge on any atom is 0.406 e. The van der Waals surface area contributed by atoms with E-state index >= 15 is 13.2 Å². The van der Waals surface area contributed by atoms with E-state index in [9.17, 15) is 28.4 Å². The average Bonchev–Trinajstić information content (AvgIpc) is 4.34. The number of hydrogen-bond donors (Lipinski definition) is 2. The van der Waals surface area contributed by atoms with Gasteiger partial charge in [0.2, 0.25) is 11.8 Å². The first-order valence-electron chi connectivity index (χ1n) is 29.2. The number of halogens is 4. The van der Waals surface area contributed by atoms with Gasteiger partial charge in [-0.15, -0.1) is 0 Å². The number of esters is 1. The number of nitrogens with one attached hydrogen (secondary N) is 2. The largest absolute Gasteiger partial charge is 0.464 e. The van der Waals surface area contributed by atoms with Gasteiger partial charge >= 0.3 is 18.2 Å². The van der Waals surface area contributed by atoms with Crippen LogP contribution >= 0.6 is 0 Å². The van der Waals surface area contributed by atoms with Gasteiger partial charge in [0.25, 0.3) is 5.91 Å². The van der Waals surface area contributed by atoms with Crippen LogP contribution in [0.15, 0.2) is 42.6 Å². The summed E-state index contributed by atoms with van der Waals surface area (Å²) < 4.78 is 71.5. The third kappa shape index (κ3) is 13.4. The van der Waals surface area contributed by atoms with Crippen molar-refractivity contribution in [2.24, 2.45) is 22.7 Å². The number of alkyl halides is 4. The van der Waals surface area contributed by atoms with Gasteiger partial charge in [-0.05, 0) is 137 Å². The zero-order valence-electron chi connectivity index (χ0n) is 48.6. The van der Waals surface area contributed by atoms with Crippen molar-refractivity contribution >= 4 is 46.3 Å². The first-order chi connectivity index (χ1) is 38.5. The molecule has 1 aliphatic carbocycles. The number of rotatable bonds is 11. The average molecular weight is 1130 g/mol. The Morgan fingerprint density at radius 1 is 0.963 bits per heavy atom. The molecule has 5 aliphatic heterocycles. The van der Waals surface area contributed by atoms with Gasteiger partial charge in [-0.3, -0.25) is 29.2 Å². The van der Waals surface area contributed by atoms with Crippen molar-refractivity contribution in [2.45, 2.75) is 142 Å². The number of carbonyl (C=O) groups is 5. The van der Waals surface area contributed by atoms with Crippen molar-refractivity contribution in [3.05, 3.63) is 59.4 Å². The highest BCUT2D eigenvalue weighted by molar-refractivity contribution is 5.94. The SMILES string of the molecule is CO[C@@H](C)c1ncc(N2CCN(C)CC2)cc1-c1c2c3cc(ccc3n1CC(F)(F)F)C1CCC(C1)C[C@H](NC(=O)[C@H](C(C)C)N(C)C(=O)N1CCC3(CCN(C(=O)/C=C/CF)C3)CC1)C(=O)N1CCC[C@H](N1)C(=O)OCC(C)(C)C2. The number of methoxy groups -OCH3 is 1. The molecule has 6 atom stereocenters. The minimum absolute atomic E-state index is 0.00777. The van der Waals surface area contributed by atoms with Crippen LogP contribution < -0.4 is 15.6 Å². The number of benzene rings is 1. The fraction of sp³-hybridized carbons (Fsp3) is 0.667. The van der Waals surface area contributed by atoms with E-state index in [-0.39, 0.29) is 61.1 Å². The number of anilines is 1. The molecular weight excluding hydrogens is 1050 g/mol. The molecule has 6 bridgehead atoms. The van der Waals surface area contributed by atoms with Crippen LogP contribution in [0.2, 0.25) is 0 Å². The predicted molar refractivity (Wildman–Crippen MR) is 301 cm³/mol. The van der Waals surface area contributed by atoms with Gasteiger partial charge in [0.1, 0.15) is 31.3 Å². The summed E-state index contributed by atoms with van der Waals surface area (Å²) in [5, 5.41) is 5.21. The quantitative estimate of drug-likeness (QED) is 0.109. The van der Waals surface area contributed by atoms with Crippen LogP contribution in [0, 0.1) is 22.7 Å². The molecule has 5 fully saturated rings. The lowest BCUT2D eigenvalue weighted by molar-refractivity contribution is -0.155. The number of cyclic esters (lactones) is 1. The first kappa shape index (κ1) is 59.8. The Morgan fingerprint density at radius 3 is 2.36 bits per heavy atom. The van der Waals surface area contributed by atoms with Crippen LogP contribution in [0.3, 0.4) is 0 Å². The van der Waals surface area contributed by atoms with Crippen molar-refractivity contribution < 1.29 is 51.0 Å². The van der Waals surface area contributed by atoms with Crippen LogP contribution in [0.1, 0.15) is 121 Å². The smallest absolute Gasteiger partial charge is 0.406 e. The molecule has 3 aromatic rings. The van der Waals surface area contributed by atoms with Crippen molar-refractivity contribution in [3.63, 3.8) is 0 Å². The number of pyridine rings is 1. The topological polar surface area (TPSA) is 165 Å². The summed E-state index contributed by atoms with van der Waals surface area (Å²) in [6.45, 7) is 12.8. The van der Waals surface area contributed by atoms with Gasteiger partial charge in [0, 0.05) is 101 Å². The second-order valence-corrected chi connectivity index (χ2v) is 25.2. The van der Waals surface area contributed by atoms with Crippen molar-refractivity contribution in [3.8, 4) is 11.3 Å². The van der Waals surface area contributed by atoms with Gasteiger partial charge in [-0.1, -0.05) is 33.8 Å². The minimum atomic E-state index is -4.59. The first-order valence-corrected chi connectivity index (χ1v) is 29.2. The van der Waals surface area contributed by atoms with Gasteiger partial charge in [-0.2, -0.15) is 13.2 Å². The molecular formula is C60H84F4N10O7. The van der Waals surface area contributed by atoms with Gasteiger partial charge in [-0.25, -0.2) is 14.6 Å². The Bertz CT molecular complexity index is 2820. The van der Waals surface area contributed by atoms with Crippen LogP contribution in [0.25, 0.3) is 22.2 Å². The van der Waals surface area contributed by atoms with E-state index in [1.807, 2.05) is 52.8 Å². The van der Waals surface area contributed by atoms with Crippen LogP contribution in [0.5, 0.6) is 0 Å². The summed E-state index contributed by atoms with van der Waals surface area (Å²) in [6, 6.07) is 4.58. The molecule has 21 heteroatoms. The predicted octanol–water partition coefficient (Wildman–Crippen LogP) is 8.02. The standard InChI is InChI=1S/C60H84F4N10O7/c1-38(2)52(69(7)57(79)71-22-17-59(18-23-71)19-24-72(35-59)50(75)12-9-20-61)54(76)66-48-30-40-13-14-41(29-40)42-15-16-49-44(31-42)46(33-58(4,5)37-81-56(78)47-11-10-21-74(67-47)55(48)77)53(73(49)36-60(62,63)64)45-32-43(34-65-51(45)39(3)80-8)70-27-25-68(6)26-28-70/h9,12,15-16,31-32,34,38-41,47-48,52,67H,10-11,13-14,17-30,33,35-37H2,1-8H3,(H,66,76)/b12-9+/t39-,40?,41?,47-,48-,52-/m0/s1. The molecule has 2 N–H and O–H groups in total. The zero-order chi connectivity index (χ0) is 58.1. The molecule has 444 valence electrons. The number of aromatic nitrogens is 2. The fourth-order valence-electron chi connectivity index (χ4n) is 13.7. The number of urea groups is 1. The second-order valence-electron chi connectivity index (χ2n) is 25.2. The van der Waals surface area contributed by atoms with Gasteiger partial charge in [0.05, 0.1) is 36.0 Å². The van der Waals surface area contributed by atoms with E-state index < -0.39 is 66.8 Å². The molecule has 5 amide bonds. The number of likely N-dealkylation sites (tertiary alicyclic amines) is 2.